The molecule has 6 rings (SSSR count). The van der Waals surface area contributed by atoms with Crippen LogP contribution < -0.4 is 5.32 Å². The number of alkyl carbamates (subject to hydrolysis) is 1. The monoisotopic (exact) mass is 555 g/mol. The fourth-order valence-electron chi connectivity index (χ4n) is 6.32. The third kappa shape index (κ3) is 5.07. The number of hydrogen-bond acceptors (Lipinski definition) is 6. The van der Waals surface area contributed by atoms with Crippen LogP contribution >= 0.6 is 0 Å². The number of aliphatic carboxylic acids is 1. The van der Waals surface area contributed by atoms with E-state index in [1.54, 1.807) is 0 Å². The Balaban J connectivity index is 1.16. The van der Waals surface area contributed by atoms with Crippen LogP contribution in [-0.4, -0.2) is 81.9 Å². The molecule has 41 heavy (non-hydrogen) atoms. The first-order valence-corrected chi connectivity index (χ1v) is 13.9. The zero-order valence-electron chi connectivity index (χ0n) is 22.7. The quantitative estimate of drug-likeness (QED) is 0.410. The first-order valence-electron chi connectivity index (χ1n) is 13.9. The van der Waals surface area contributed by atoms with E-state index in [1.165, 1.54) is 4.90 Å². The number of carbonyl (C=O) groups is 3. The highest BCUT2D eigenvalue weighted by Crippen LogP contribution is 2.44. The number of hydrogen-bond donors (Lipinski definition) is 3. The number of ether oxygens (including phenoxy) is 1. The minimum absolute atomic E-state index is 0.117. The number of β-amino-alcohol motifs (C(OH)–C–C–N with tert-alkyl or cyclic N) is 1. The van der Waals surface area contributed by atoms with Crippen LogP contribution in [0, 0.1) is 0 Å². The second kappa shape index (κ2) is 10.6. The predicted octanol–water partition coefficient (Wildman–Crippen LogP) is 3.22. The van der Waals surface area contributed by atoms with Gasteiger partial charge in [0.25, 0.3) is 0 Å². The lowest BCUT2D eigenvalue weighted by molar-refractivity contribution is -0.185. The van der Waals surface area contributed by atoms with Crippen molar-refractivity contribution in [1.82, 2.24) is 15.1 Å². The third-order valence-corrected chi connectivity index (χ3v) is 8.64. The molecule has 9 nitrogen and oxygen atoms in total. The molecular formula is C32H33N3O6. The Kier molecular flexibility index (Phi) is 7.01. The molecule has 2 heterocycles. The standard InChI is InChI=1S/C32H33N3O6/c36-28(35-20-32(40,21-35)29(37)38)31(14-16-34(17-15-31)18-22-8-2-1-3-9-22)33-30(39)41-19-27-25-12-6-4-10-23(25)24-11-5-7-13-26(24)27/h1-13,27,40H,14-21H2,(H,33,39)(H,37,38). The van der Waals surface area contributed by atoms with Crippen molar-refractivity contribution in [2.45, 2.75) is 36.4 Å². The van der Waals surface area contributed by atoms with Gasteiger partial charge in [-0.25, -0.2) is 9.59 Å². The van der Waals surface area contributed by atoms with E-state index in [2.05, 4.69) is 34.5 Å². The van der Waals surface area contributed by atoms with Crippen LogP contribution in [-0.2, 0) is 20.9 Å². The Labute approximate surface area is 238 Å². The summed E-state index contributed by atoms with van der Waals surface area (Å²) in [5, 5.41) is 22.4. The number of nitrogens with zero attached hydrogens (tertiary/aromatic N) is 2. The van der Waals surface area contributed by atoms with Gasteiger partial charge in [0.1, 0.15) is 12.1 Å². The van der Waals surface area contributed by atoms with Gasteiger partial charge in [-0.2, -0.15) is 0 Å². The van der Waals surface area contributed by atoms with Gasteiger partial charge in [-0.3, -0.25) is 9.69 Å². The number of carboxylic acids is 1. The first-order chi connectivity index (χ1) is 19.8. The van der Waals surface area contributed by atoms with Crippen LogP contribution in [0.3, 0.4) is 0 Å². The number of likely N-dealkylation sites (tertiary alicyclic amines) is 2. The predicted molar refractivity (Wildman–Crippen MR) is 151 cm³/mol. The summed E-state index contributed by atoms with van der Waals surface area (Å²) in [7, 11) is 0. The second-order valence-electron chi connectivity index (χ2n) is 11.3. The van der Waals surface area contributed by atoms with E-state index in [-0.39, 0.29) is 25.6 Å². The summed E-state index contributed by atoms with van der Waals surface area (Å²) in [6.45, 7) is 1.32. The van der Waals surface area contributed by atoms with Crippen LogP contribution in [0.1, 0.15) is 35.4 Å². The zero-order chi connectivity index (χ0) is 28.6. The Hall–Kier alpha value is -4.21. The summed E-state index contributed by atoms with van der Waals surface area (Å²) < 4.78 is 5.77. The smallest absolute Gasteiger partial charge is 0.408 e. The molecule has 0 unspecified atom stereocenters. The van der Waals surface area contributed by atoms with Crippen molar-refractivity contribution in [2.75, 3.05) is 32.8 Å². The van der Waals surface area contributed by atoms with Crippen molar-refractivity contribution >= 4 is 18.0 Å². The van der Waals surface area contributed by atoms with Crippen LogP contribution in [0.25, 0.3) is 11.1 Å². The maximum atomic E-state index is 13.7. The molecule has 0 spiro atoms. The number of fused-ring (bicyclic) bond motifs is 3. The molecule has 2 amide bonds. The Morgan fingerprint density at radius 1 is 0.854 bits per heavy atom. The van der Waals surface area contributed by atoms with E-state index < -0.39 is 29.1 Å². The normalized spacial score (nSPS) is 19.0. The van der Waals surface area contributed by atoms with Gasteiger partial charge in [0.2, 0.25) is 5.91 Å². The number of aliphatic hydroxyl groups is 1. The molecule has 0 aromatic heterocycles. The second-order valence-corrected chi connectivity index (χ2v) is 11.3. The van der Waals surface area contributed by atoms with Crippen LogP contribution in [0.4, 0.5) is 4.79 Å². The average molecular weight is 556 g/mol. The fraction of sp³-hybridized carbons (Fsp3) is 0.344. The van der Waals surface area contributed by atoms with Crippen molar-refractivity contribution in [1.29, 1.82) is 0 Å². The number of carbonyl (C=O) groups excluding carboxylic acids is 2. The maximum Gasteiger partial charge on any atom is 0.408 e. The molecule has 0 saturated carbocycles. The number of rotatable bonds is 7. The highest BCUT2D eigenvalue weighted by atomic mass is 16.5. The highest BCUT2D eigenvalue weighted by molar-refractivity contribution is 5.93. The van der Waals surface area contributed by atoms with Gasteiger partial charge in [-0.05, 0) is 40.7 Å². The van der Waals surface area contributed by atoms with Crippen LogP contribution in [0.5, 0.6) is 0 Å². The molecule has 3 aromatic rings. The summed E-state index contributed by atoms with van der Waals surface area (Å²) in [5.74, 6) is -1.87. The molecule has 1 aliphatic carbocycles. The lowest BCUT2D eigenvalue weighted by Crippen LogP contribution is -2.73. The Morgan fingerprint density at radius 3 is 2.00 bits per heavy atom. The van der Waals surface area contributed by atoms with Gasteiger partial charge < -0.3 is 25.2 Å². The molecule has 0 radical (unpaired) electrons. The summed E-state index contributed by atoms with van der Waals surface area (Å²) in [4.78, 5) is 42.0. The van der Waals surface area contributed by atoms with E-state index in [4.69, 9.17) is 4.74 Å². The molecule has 212 valence electrons. The zero-order valence-corrected chi connectivity index (χ0v) is 22.7. The molecular weight excluding hydrogens is 522 g/mol. The maximum absolute atomic E-state index is 13.7. The molecule has 2 fully saturated rings. The van der Waals surface area contributed by atoms with Gasteiger partial charge in [0, 0.05) is 25.6 Å². The molecule has 9 heteroatoms. The van der Waals surface area contributed by atoms with Gasteiger partial charge in [0.15, 0.2) is 5.60 Å². The SMILES string of the molecule is O=C(NC1(C(=O)N2CC(O)(C(=O)O)C2)CCN(Cc2ccccc2)CC1)OCC1c2ccccc2-c2ccccc21. The Bertz CT molecular complexity index is 1420. The van der Waals surface area contributed by atoms with Crippen molar-refractivity contribution in [3.05, 3.63) is 95.6 Å². The molecule has 3 N–H and O–H groups in total. The van der Waals surface area contributed by atoms with Crippen molar-refractivity contribution in [2.24, 2.45) is 0 Å². The van der Waals surface area contributed by atoms with Gasteiger partial charge >= 0.3 is 12.1 Å². The first kappa shape index (κ1) is 27.0. The van der Waals surface area contributed by atoms with Gasteiger partial charge in [-0.1, -0.05) is 78.9 Å². The van der Waals surface area contributed by atoms with E-state index >= 15 is 0 Å². The topological polar surface area (TPSA) is 119 Å². The minimum Gasteiger partial charge on any atom is -0.479 e. The van der Waals surface area contributed by atoms with Crippen LogP contribution in [0.2, 0.25) is 0 Å². The molecule has 2 aliphatic heterocycles. The fourth-order valence-corrected chi connectivity index (χ4v) is 6.32. The number of benzene rings is 3. The van der Waals surface area contributed by atoms with E-state index in [0.29, 0.717) is 25.9 Å². The summed E-state index contributed by atoms with van der Waals surface area (Å²) >= 11 is 0. The van der Waals surface area contributed by atoms with E-state index in [9.17, 15) is 24.6 Å². The van der Waals surface area contributed by atoms with Gasteiger partial charge in [0.05, 0.1) is 13.1 Å². The molecule has 2 saturated heterocycles. The van der Waals surface area contributed by atoms with Crippen molar-refractivity contribution in [3.63, 3.8) is 0 Å². The summed E-state index contributed by atoms with van der Waals surface area (Å²) in [5.41, 5.74) is 2.37. The number of piperidine rings is 1. The van der Waals surface area contributed by atoms with E-state index in [1.807, 2.05) is 54.6 Å². The average Bonchev–Trinajstić information content (AvgIpc) is 3.29. The molecule has 3 aromatic carbocycles. The molecule has 0 atom stereocenters. The number of nitrogens with one attached hydrogen (secondary N) is 1. The molecule has 0 bridgehead atoms. The van der Waals surface area contributed by atoms with Crippen LogP contribution in [0.15, 0.2) is 78.9 Å². The number of carboxylic acid groups (broad SMARTS) is 1. The largest absolute Gasteiger partial charge is 0.479 e. The Morgan fingerprint density at radius 2 is 1.41 bits per heavy atom. The summed E-state index contributed by atoms with van der Waals surface area (Å²) in [6, 6.07) is 26.2. The number of amides is 2. The lowest BCUT2D eigenvalue weighted by Gasteiger charge is -2.49. The van der Waals surface area contributed by atoms with Crippen molar-refractivity contribution < 1.29 is 29.3 Å². The van der Waals surface area contributed by atoms with Gasteiger partial charge in [-0.15, -0.1) is 0 Å². The van der Waals surface area contributed by atoms with E-state index in [0.717, 1.165) is 34.4 Å². The van der Waals surface area contributed by atoms with Crippen molar-refractivity contribution in [3.8, 4) is 11.1 Å². The summed E-state index contributed by atoms with van der Waals surface area (Å²) in [6.07, 6.45) is -0.0128. The lowest BCUT2D eigenvalue weighted by atomic mass is 9.83. The highest BCUT2D eigenvalue weighted by Gasteiger charge is 2.55. The third-order valence-electron chi connectivity index (χ3n) is 8.64. The minimum atomic E-state index is -1.96. The molecule has 3 aliphatic rings.